The fraction of sp³-hybridized carbons (Fsp3) is 0.846. The van der Waals surface area contributed by atoms with Gasteiger partial charge in [-0.05, 0) is 25.7 Å². The molecule has 0 bridgehead atoms. The Kier molecular flexibility index (Phi) is 5.19. The van der Waals surface area contributed by atoms with Crippen LogP contribution in [0.15, 0.2) is 12.2 Å². The van der Waals surface area contributed by atoms with E-state index in [1.54, 1.807) is 0 Å². The Morgan fingerprint density at radius 2 is 1.85 bits per heavy atom. The van der Waals surface area contributed by atoms with Gasteiger partial charge in [-0.3, -0.25) is 0 Å². The quantitative estimate of drug-likeness (QED) is 0.425. The molecule has 1 fully saturated rings. The lowest BCUT2D eigenvalue weighted by Gasteiger charge is -2.21. The monoisotopic (exact) mass is 180 g/mol. The lowest BCUT2D eigenvalue weighted by Crippen LogP contribution is -2.05. The van der Waals surface area contributed by atoms with Crippen LogP contribution in [-0.4, -0.2) is 0 Å². The maximum atomic E-state index is 3.94. The molecule has 76 valence electrons. The summed E-state index contributed by atoms with van der Waals surface area (Å²) in [5.74, 6) is 1.07. The molecule has 0 aromatic heterocycles. The van der Waals surface area contributed by atoms with E-state index in [-0.39, 0.29) is 0 Å². The summed E-state index contributed by atoms with van der Waals surface area (Å²) in [4.78, 5) is 0. The van der Waals surface area contributed by atoms with Gasteiger partial charge in [0.2, 0.25) is 0 Å². The van der Waals surface area contributed by atoms with Crippen molar-refractivity contribution >= 4 is 0 Å². The van der Waals surface area contributed by atoms with Crippen LogP contribution in [0.3, 0.4) is 0 Å². The van der Waals surface area contributed by atoms with E-state index in [0.717, 1.165) is 5.92 Å². The topological polar surface area (TPSA) is 0 Å². The molecule has 0 heterocycles. The third-order valence-electron chi connectivity index (χ3n) is 3.19. The molecule has 0 saturated heterocycles. The Hall–Kier alpha value is -0.260. The highest BCUT2D eigenvalue weighted by Crippen LogP contribution is 2.28. The summed E-state index contributed by atoms with van der Waals surface area (Å²) in [5.41, 5.74) is 1.35. The molecule has 1 aliphatic carbocycles. The minimum atomic E-state index is 1.07. The maximum Gasteiger partial charge on any atom is -0.0326 e. The van der Waals surface area contributed by atoms with Gasteiger partial charge in [0.25, 0.3) is 0 Å². The van der Waals surface area contributed by atoms with E-state index in [9.17, 15) is 0 Å². The van der Waals surface area contributed by atoms with E-state index in [2.05, 4.69) is 13.5 Å². The van der Waals surface area contributed by atoms with E-state index in [1.807, 2.05) is 0 Å². The van der Waals surface area contributed by atoms with Gasteiger partial charge in [0.15, 0.2) is 0 Å². The molecule has 13 heavy (non-hydrogen) atoms. The Balaban J connectivity index is 1.95. The summed E-state index contributed by atoms with van der Waals surface area (Å²) >= 11 is 0. The van der Waals surface area contributed by atoms with E-state index in [0.29, 0.717) is 0 Å². The lowest BCUT2D eigenvalue weighted by atomic mass is 9.85. The van der Waals surface area contributed by atoms with Gasteiger partial charge in [-0.15, -0.1) is 6.58 Å². The minimum Gasteiger partial charge on any atom is -0.100 e. The summed E-state index contributed by atoms with van der Waals surface area (Å²) in [7, 11) is 0. The third kappa shape index (κ3) is 5.13. The second kappa shape index (κ2) is 6.23. The standard InChI is InChI=1S/C13H24/c1-12(2)8-6-7-11-13-9-4-3-5-10-13/h13H,1,3-11H2,2H3. The van der Waals surface area contributed by atoms with Crippen molar-refractivity contribution in [2.75, 3.05) is 0 Å². The number of allylic oxidation sites excluding steroid dienone is 1. The number of rotatable bonds is 5. The molecule has 0 nitrogen and oxygen atoms in total. The fourth-order valence-electron chi connectivity index (χ4n) is 2.34. The van der Waals surface area contributed by atoms with Crippen LogP contribution in [0.2, 0.25) is 0 Å². The zero-order chi connectivity index (χ0) is 9.52. The van der Waals surface area contributed by atoms with E-state index in [1.165, 1.54) is 63.4 Å². The van der Waals surface area contributed by atoms with Crippen LogP contribution in [0.5, 0.6) is 0 Å². The molecule has 0 radical (unpaired) electrons. The first-order valence-electron chi connectivity index (χ1n) is 5.93. The van der Waals surface area contributed by atoms with Crippen LogP contribution in [0.4, 0.5) is 0 Å². The molecule has 1 aliphatic rings. The second-order valence-corrected chi connectivity index (χ2v) is 4.71. The van der Waals surface area contributed by atoms with Gasteiger partial charge in [-0.1, -0.05) is 50.5 Å². The van der Waals surface area contributed by atoms with Crippen LogP contribution in [0.25, 0.3) is 0 Å². The Morgan fingerprint density at radius 3 is 2.46 bits per heavy atom. The van der Waals surface area contributed by atoms with Gasteiger partial charge in [0, 0.05) is 0 Å². The van der Waals surface area contributed by atoms with Gasteiger partial charge in [-0.25, -0.2) is 0 Å². The van der Waals surface area contributed by atoms with Gasteiger partial charge >= 0.3 is 0 Å². The maximum absolute atomic E-state index is 3.94. The van der Waals surface area contributed by atoms with Crippen LogP contribution in [0, 0.1) is 5.92 Å². The summed E-state index contributed by atoms with van der Waals surface area (Å²) < 4.78 is 0. The van der Waals surface area contributed by atoms with Crippen molar-refractivity contribution in [1.29, 1.82) is 0 Å². The number of hydrogen-bond acceptors (Lipinski definition) is 0. The van der Waals surface area contributed by atoms with Crippen LogP contribution in [0.1, 0.15) is 64.7 Å². The van der Waals surface area contributed by atoms with Gasteiger partial charge in [0.1, 0.15) is 0 Å². The lowest BCUT2D eigenvalue weighted by molar-refractivity contribution is 0.330. The van der Waals surface area contributed by atoms with Gasteiger partial charge < -0.3 is 0 Å². The van der Waals surface area contributed by atoms with Crippen molar-refractivity contribution < 1.29 is 0 Å². The third-order valence-corrected chi connectivity index (χ3v) is 3.19. The summed E-state index contributed by atoms with van der Waals surface area (Å²) in [6, 6.07) is 0. The molecule has 0 atom stereocenters. The smallest absolute Gasteiger partial charge is 0.0326 e. The molecule has 1 saturated carbocycles. The zero-order valence-electron chi connectivity index (χ0n) is 9.15. The predicted molar refractivity (Wildman–Crippen MR) is 59.9 cm³/mol. The van der Waals surface area contributed by atoms with Crippen molar-refractivity contribution in [2.24, 2.45) is 5.92 Å². The Bertz CT molecular complexity index is 140. The van der Waals surface area contributed by atoms with Gasteiger partial charge in [-0.2, -0.15) is 0 Å². The number of unbranched alkanes of at least 4 members (excludes halogenated alkanes) is 1. The van der Waals surface area contributed by atoms with E-state index in [4.69, 9.17) is 0 Å². The van der Waals surface area contributed by atoms with E-state index >= 15 is 0 Å². The van der Waals surface area contributed by atoms with Crippen molar-refractivity contribution in [1.82, 2.24) is 0 Å². The SMILES string of the molecule is C=C(C)CCCCC1CCCCC1. The molecule has 0 spiro atoms. The van der Waals surface area contributed by atoms with Crippen molar-refractivity contribution in [3.05, 3.63) is 12.2 Å². The van der Waals surface area contributed by atoms with E-state index < -0.39 is 0 Å². The van der Waals surface area contributed by atoms with Gasteiger partial charge in [0.05, 0.1) is 0 Å². The Labute approximate surface area is 83.4 Å². The molecule has 0 N–H and O–H groups in total. The molecule has 0 aromatic rings. The van der Waals surface area contributed by atoms with Crippen molar-refractivity contribution in [3.63, 3.8) is 0 Å². The fourth-order valence-corrected chi connectivity index (χ4v) is 2.34. The summed E-state index contributed by atoms with van der Waals surface area (Å²) in [6.45, 7) is 6.08. The first-order valence-corrected chi connectivity index (χ1v) is 5.93. The average Bonchev–Trinajstić information content (AvgIpc) is 2.14. The molecule has 0 amide bonds. The van der Waals surface area contributed by atoms with Crippen LogP contribution in [-0.2, 0) is 0 Å². The first kappa shape index (κ1) is 10.8. The first-order chi connectivity index (χ1) is 6.29. The molecule has 1 rings (SSSR count). The molecule has 0 heteroatoms. The minimum absolute atomic E-state index is 1.07. The molecular formula is C13H24. The highest BCUT2D eigenvalue weighted by molar-refractivity contribution is 4.87. The molecular weight excluding hydrogens is 156 g/mol. The highest BCUT2D eigenvalue weighted by Gasteiger charge is 2.12. The zero-order valence-corrected chi connectivity index (χ0v) is 9.15. The molecule has 0 aromatic carbocycles. The average molecular weight is 180 g/mol. The number of hydrogen-bond donors (Lipinski definition) is 0. The highest BCUT2D eigenvalue weighted by atomic mass is 14.2. The molecule has 0 aliphatic heterocycles. The normalized spacial score (nSPS) is 18.8. The second-order valence-electron chi connectivity index (χ2n) is 4.71. The van der Waals surface area contributed by atoms with Crippen molar-refractivity contribution in [2.45, 2.75) is 64.7 Å². The largest absolute Gasteiger partial charge is 0.100 e. The van der Waals surface area contributed by atoms with Crippen LogP contribution < -0.4 is 0 Å². The molecule has 0 unspecified atom stereocenters. The predicted octanol–water partition coefficient (Wildman–Crippen LogP) is 4.70. The van der Waals surface area contributed by atoms with Crippen LogP contribution >= 0.6 is 0 Å². The van der Waals surface area contributed by atoms with Crippen molar-refractivity contribution in [3.8, 4) is 0 Å². The summed E-state index contributed by atoms with van der Waals surface area (Å²) in [5, 5.41) is 0. The Morgan fingerprint density at radius 1 is 1.15 bits per heavy atom. The summed E-state index contributed by atoms with van der Waals surface area (Å²) in [6.07, 6.45) is 13.0.